The van der Waals surface area contributed by atoms with Crippen molar-refractivity contribution in [3.05, 3.63) is 52.2 Å². The second kappa shape index (κ2) is 5.45. The molecular formula is C15H17FN2O2. The number of aryl methyl sites for hydroxylation is 3. The predicted molar refractivity (Wildman–Crippen MR) is 73.0 cm³/mol. The maximum absolute atomic E-state index is 13.1. The summed E-state index contributed by atoms with van der Waals surface area (Å²) in [5, 5.41) is 6.75. The molecule has 2 aromatic rings. The molecule has 1 aromatic carbocycles. The number of hydrogen-bond acceptors (Lipinski definition) is 3. The van der Waals surface area contributed by atoms with E-state index in [1.54, 1.807) is 13.8 Å². The molecule has 0 saturated heterocycles. The van der Waals surface area contributed by atoms with Crippen LogP contribution in [0.2, 0.25) is 0 Å². The molecule has 2 rings (SSSR count). The van der Waals surface area contributed by atoms with Crippen LogP contribution in [0.4, 0.5) is 4.39 Å². The van der Waals surface area contributed by atoms with Crippen LogP contribution < -0.4 is 5.32 Å². The molecule has 1 atom stereocenters. The Balaban J connectivity index is 2.19. The van der Waals surface area contributed by atoms with Gasteiger partial charge < -0.3 is 9.84 Å². The molecule has 0 aliphatic heterocycles. The van der Waals surface area contributed by atoms with Crippen LogP contribution >= 0.6 is 0 Å². The van der Waals surface area contributed by atoms with Crippen molar-refractivity contribution in [3.63, 3.8) is 0 Å². The Kier molecular flexibility index (Phi) is 3.88. The first-order valence-electron chi connectivity index (χ1n) is 6.40. The lowest BCUT2D eigenvalue weighted by atomic mass is 10.0. The molecule has 1 N–H and O–H groups in total. The molecular weight excluding hydrogens is 259 g/mol. The minimum atomic E-state index is -0.349. The topological polar surface area (TPSA) is 55.1 Å². The number of carbonyl (C=O) groups excluding carboxylic acids is 1. The van der Waals surface area contributed by atoms with Gasteiger partial charge in [0.15, 0.2) is 0 Å². The lowest BCUT2D eigenvalue weighted by Gasteiger charge is -2.14. The monoisotopic (exact) mass is 276 g/mol. The molecule has 0 spiro atoms. The second-order valence-electron chi connectivity index (χ2n) is 4.89. The lowest BCUT2D eigenvalue weighted by molar-refractivity contribution is 0.0939. The Morgan fingerprint density at radius 3 is 2.60 bits per heavy atom. The number of aromatic nitrogens is 1. The lowest BCUT2D eigenvalue weighted by Crippen LogP contribution is -2.27. The van der Waals surface area contributed by atoms with Gasteiger partial charge in [-0.1, -0.05) is 5.16 Å². The maximum Gasteiger partial charge on any atom is 0.252 e. The predicted octanol–water partition coefficient (Wildman–Crippen LogP) is 3.23. The summed E-state index contributed by atoms with van der Waals surface area (Å²) < 4.78 is 18.1. The summed E-state index contributed by atoms with van der Waals surface area (Å²) in [6.45, 7) is 7.21. The van der Waals surface area contributed by atoms with Crippen LogP contribution in [0.3, 0.4) is 0 Å². The van der Waals surface area contributed by atoms with E-state index in [1.807, 2.05) is 13.8 Å². The fourth-order valence-corrected chi connectivity index (χ4v) is 2.34. The van der Waals surface area contributed by atoms with Crippen LogP contribution in [0, 0.1) is 26.6 Å². The first-order chi connectivity index (χ1) is 9.40. The molecule has 1 amide bonds. The second-order valence-corrected chi connectivity index (χ2v) is 4.89. The Bertz CT molecular complexity index is 630. The number of nitrogens with one attached hydrogen (secondary N) is 1. The van der Waals surface area contributed by atoms with Crippen molar-refractivity contribution < 1.29 is 13.7 Å². The number of rotatable bonds is 3. The zero-order valence-corrected chi connectivity index (χ0v) is 12.0. The molecule has 0 saturated carbocycles. The van der Waals surface area contributed by atoms with E-state index >= 15 is 0 Å². The van der Waals surface area contributed by atoms with Gasteiger partial charge in [0.2, 0.25) is 0 Å². The van der Waals surface area contributed by atoms with Crippen molar-refractivity contribution in [2.24, 2.45) is 0 Å². The Morgan fingerprint density at radius 2 is 2.05 bits per heavy atom. The standard InChI is InChI=1S/C15H17FN2O2/c1-8-7-12(16)5-6-13(8)15(19)17-9(2)14-10(3)18-20-11(14)4/h5-7,9H,1-4H3,(H,17,19). The fraction of sp³-hybridized carbons (Fsp3) is 0.333. The minimum Gasteiger partial charge on any atom is -0.361 e. The highest BCUT2D eigenvalue weighted by Crippen LogP contribution is 2.21. The third kappa shape index (κ3) is 2.71. The van der Waals surface area contributed by atoms with Gasteiger partial charge in [0.25, 0.3) is 5.91 Å². The largest absolute Gasteiger partial charge is 0.361 e. The van der Waals surface area contributed by atoms with E-state index in [0.717, 1.165) is 11.3 Å². The third-order valence-corrected chi connectivity index (χ3v) is 3.30. The summed E-state index contributed by atoms with van der Waals surface area (Å²) in [5.74, 6) is 0.0963. The quantitative estimate of drug-likeness (QED) is 0.936. The van der Waals surface area contributed by atoms with E-state index in [4.69, 9.17) is 4.52 Å². The van der Waals surface area contributed by atoms with Crippen LogP contribution in [0.1, 0.15) is 45.9 Å². The molecule has 0 aliphatic rings. The highest BCUT2D eigenvalue weighted by Gasteiger charge is 2.19. The molecule has 0 bridgehead atoms. The Labute approximate surface area is 117 Å². The molecule has 0 radical (unpaired) electrons. The van der Waals surface area contributed by atoms with E-state index in [9.17, 15) is 9.18 Å². The zero-order chi connectivity index (χ0) is 14.9. The summed E-state index contributed by atoms with van der Waals surface area (Å²) >= 11 is 0. The Hall–Kier alpha value is -2.17. The van der Waals surface area contributed by atoms with Crippen LogP contribution in [0.5, 0.6) is 0 Å². The van der Waals surface area contributed by atoms with Crippen LogP contribution in [0.25, 0.3) is 0 Å². The third-order valence-electron chi connectivity index (χ3n) is 3.30. The summed E-state index contributed by atoms with van der Waals surface area (Å²) in [7, 11) is 0. The van der Waals surface area contributed by atoms with Crippen molar-refractivity contribution in [2.45, 2.75) is 33.7 Å². The number of carbonyl (C=O) groups is 1. The van der Waals surface area contributed by atoms with Gasteiger partial charge in [-0.25, -0.2) is 4.39 Å². The number of hydrogen-bond donors (Lipinski definition) is 1. The smallest absolute Gasteiger partial charge is 0.252 e. The highest BCUT2D eigenvalue weighted by atomic mass is 19.1. The molecule has 106 valence electrons. The average molecular weight is 276 g/mol. The van der Waals surface area contributed by atoms with E-state index in [-0.39, 0.29) is 17.8 Å². The normalized spacial score (nSPS) is 12.2. The van der Waals surface area contributed by atoms with E-state index in [0.29, 0.717) is 16.9 Å². The van der Waals surface area contributed by atoms with Gasteiger partial charge in [-0.2, -0.15) is 0 Å². The Morgan fingerprint density at radius 1 is 1.35 bits per heavy atom. The van der Waals surface area contributed by atoms with Gasteiger partial charge in [0, 0.05) is 11.1 Å². The average Bonchev–Trinajstić information content (AvgIpc) is 2.68. The van der Waals surface area contributed by atoms with Crippen molar-refractivity contribution in [3.8, 4) is 0 Å². The zero-order valence-electron chi connectivity index (χ0n) is 12.0. The van der Waals surface area contributed by atoms with Crippen LogP contribution in [-0.2, 0) is 0 Å². The van der Waals surface area contributed by atoms with Gasteiger partial charge in [-0.3, -0.25) is 4.79 Å². The van der Waals surface area contributed by atoms with Gasteiger partial charge in [-0.15, -0.1) is 0 Å². The van der Waals surface area contributed by atoms with E-state index < -0.39 is 0 Å². The van der Waals surface area contributed by atoms with Crippen molar-refractivity contribution >= 4 is 5.91 Å². The number of benzene rings is 1. The van der Waals surface area contributed by atoms with Crippen molar-refractivity contribution in [1.82, 2.24) is 10.5 Å². The van der Waals surface area contributed by atoms with Gasteiger partial charge in [-0.05, 0) is 51.5 Å². The first kappa shape index (κ1) is 14.2. The molecule has 5 heteroatoms. The van der Waals surface area contributed by atoms with Crippen molar-refractivity contribution in [1.29, 1.82) is 0 Å². The van der Waals surface area contributed by atoms with Crippen LogP contribution in [0.15, 0.2) is 22.7 Å². The molecule has 1 unspecified atom stereocenters. The number of halogens is 1. The molecule has 1 heterocycles. The van der Waals surface area contributed by atoms with E-state index in [1.165, 1.54) is 18.2 Å². The molecule has 4 nitrogen and oxygen atoms in total. The summed E-state index contributed by atoms with van der Waals surface area (Å²) in [6, 6.07) is 3.89. The number of nitrogens with zero attached hydrogens (tertiary/aromatic N) is 1. The first-order valence-corrected chi connectivity index (χ1v) is 6.40. The minimum absolute atomic E-state index is 0.224. The summed E-state index contributed by atoms with van der Waals surface area (Å²) in [6.07, 6.45) is 0. The van der Waals surface area contributed by atoms with E-state index in [2.05, 4.69) is 10.5 Å². The highest BCUT2D eigenvalue weighted by molar-refractivity contribution is 5.95. The van der Waals surface area contributed by atoms with Crippen LogP contribution in [-0.4, -0.2) is 11.1 Å². The molecule has 20 heavy (non-hydrogen) atoms. The van der Waals surface area contributed by atoms with Gasteiger partial charge >= 0.3 is 0 Å². The summed E-state index contributed by atoms with van der Waals surface area (Å²) in [5.41, 5.74) is 2.70. The molecule has 0 fully saturated rings. The number of amides is 1. The summed E-state index contributed by atoms with van der Waals surface area (Å²) in [4.78, 5) is 12.2. The van der Waals surface area contributed by atoms with Gasteiger partial charge in [0.05, 0.1) is 11.7 Å². The SMILES string of the molecule is Cc1cc(F)ccc1C(=O)NC(C)c1c(C)noc1C. The van der Waals surface area contributed by atoms with Gasteiger partial charge in [0.1, 0.15) is 11.6 Å². The maximum atomic E-state index is 13.1. The molecule has 1 aromatic heterocycles. The fourth-order valence-electron chi connectivity index (χ4n) is 2.34. The van der Waals surface area contributed by atoms with Crippen molar-refractivity contribution in [2.75, 3.05) is 0 Å². The molecule has 0 aliphatic carbocycles.